The monoisotopic (exact) mass is 380 g/mol. The predicted molar refractivity (Wildman–Crippen MR) is 110 cm³/mol. The third kappa shape index (κ3) is 3.41. The van der Waals surface area contributed by atoms with Gasteiger partial charge in [0.05, 0.1) is 36.1 Å². The highest BCUT2D eigenvalue weighted by Crippen LogP contribution is 2.24. The Balaban J connectivity index is 0.00000180. The minimum Gasteiger partial charge on any atom is -0.379 e. The Hall–Kier alpha value is -2.47. The van der Waals surface area contributed by atoms with Gasteiger partial charge in [-0.15, -0.1) is 12.4 Å². The zero-order chi connectivity index (χ0) is 17.3. The molecule has 3 heterocycles. The summed E-state index contributed by atoms with van der Waals surface area (Å²) in [7, 11) is 0. The first-order valence-electron chi connectivity index (χ1n) is 8.99. The second-order valence-corrected chi connectivity index (χ2v) is 6.68. The molecule has 0 N–H and O–H groups in total. The van der Waals surface area contributed by atoms with Crippen molar-refractivity contribution in [1.29, 1.82) is 0 Å². The van der Waals surface area contributed by atoms with E-state index in [0.29, 0.717) is 0 Å². The summed E-state index contributed by atoms with van der Waals surface area (Å²) in [6.45, 7) is 4.55. The Bertz CT molecular complexity index is 1070. The van der Waals surface area contributed by atoms with Gasteiger partial charge in [-0.25, -0.2) is 4.68 Å². The normalized spacial score (nSPS) is 15.1. The van der Waals surface area contributed by atoms with Gasteiger partial charge in [0.1, 0.15) is 0 Å². The average molecular weight is 381 g/mol. The van der Waals surface area contributed by atoms with Crippen LogP contribution in [0.3, 0.4) is 0 Å². The minimum absolute atomic E-state index is 0. The van der Waals surface area contributed by atoms with E-state index in [1.165, 1.54) is 10.9 Å². The van der Waals surface area contributed by atoms with E-state index in [2.05, 4.69) is 57.4 Å². The lowest BCUT2D eigenvalue weighted by Gasteiger charge is -2.26. The van der Waals surface area contributed by atoms with Crippen LogP contribution in [0, 0.1) is 0 Å². The second-order valence-electron chi connectivity index (χ2n) is 6.68. The van der Waals surface area contributed by atoms with Gasteiger partial charge < -0.3 is 4.74 Å². The van der Waals surface area contributed by atoms with Crippen LogP contribution < -0.4 is 0 Å². The summed E-state index contributed by atoms with van der Waals surface area (Å²) in [6, 6.07) is 16.8. The highest BCUT2D eigenvalue weighted by molar-refractivity contribution is 5.86. The largest absolute Gasteiger partial charge is 0.379 e. The number of rotatable bonds is 3. The van der Waals surface area contributed by atoms with E-state index in [4.69, 9.17) is 4.74 Å². The summed E-state index contributed by atoms with van der Waals surface area (Å²) in [5.41, 5.74) is 4.52. The summed E-state index contributed by atoms with van der Waals surface area (Å²) >= 11 is 0. The van der Waals surface area contributed by atoms with Crippen molar-refractivity contribution in [2.24, 2.45) is 0 Å². The molecular formula is C21H21ClN4O. The lowest BCUT2D eigenvalue weighted by molar-refractivity contribution is 0.0344. The lowest BCUT2D eigenvalue weighted by Crippen LogP contribution is -2.35. The average Bonchev–Trinajstić information content (AvgIpc) is 3.14. The molecule has 138 valence electrons. The van der Waals surface area contributed by atoms with E-state index in [-0.39, 0.29) is 12.4 Å². The van der Waals surface area contributed by atoms with Gasteiger partial charge in [0.25, 0.3) is 0 Å². The molecule has 4 aromatic rings. The Morgan fingerprint density at radius 1 is 1.00 bits per heavy atom. The molecule has 5 rings (SSSR count). The maximum Gasteiger partial charge on any atom is 0.0744 e. The van der Waals surface area contributed by atoms with E-state index in [0.717, 1.165) is 55.0 Å². The molecule has 6 heteroatoms. The molecule has 1 fully saturated rings. The van der Waals surface area contributed by atoms with E-state index in [9.17, 15) is 0 Å². The zero-order valence-corrected chi connectivity index (χ0v) is 15.7. The molecule has 1 saturated heterocycles. The van der Waals surface area contributed by atoms with Crippen molar-refractivity contribution in [1.82, 2.24) is 19.7 Å². The SMILES string of the molecule is Cl.c1cnc2ccc(-n3ncc4c(CN5CCOCC5)cccc43)cc2c1. The van der Waals surface area contributed by atoms with Crippen molar-refractivity contribution in [2.45, 2.75) is 6.54 Å². The standard InChI is InChI=1S/C21H20N4O.ClH/c1-3-17(15-24-9-11-26-12-10-24)19-14-23-25(21(19)5-1)18-6-7-20-16(13-18)4-2-8-22-20;/h1-8,13-14H,9-12,15H2;1H. The topological polar surface area (TPSA) is 43.2 Å². The molecule has 2 aromatic heterocycles. The van der Waals surface area contributed by atoms with Crippen LogP contribution in [0.2, 0.25) is 0 Å². The van der Waals surface area contributed by atoms with E-state index in [1.54, 1.807) is 0 Å². The van der Waals surface area contributed by atoms with Gasteiger partial charge in [0, 0.05) is 36.6 Å². The highest BCUT2D eigenvalue weighted by atomic mass is 35.5. The summed E-state index contributed by atoms with van der Waals surface area (Å²) in [4.78, 5) is 6.84. The van der Waals surface area contributed by atoms with Gasteiger partial charge in [-0.3, -0.25) is 9.88 Å². The van der Waals surface area contributed by atoms with Gasteiger partial charge in [-0.1, -0.05) is 18.2 Å². The van der Waals surface area contributed by atoms with Crippen molar-refractivity contribution in [2.75, 3.05) is 26.3 Å². The number of hydrogen-bond acceptors (Lipinski definition) is 4. The maximum absolute atomic E-state index is 5.46. The number of hydrogen-bond donors (Lipinski definition) is 0. The highest BCUT2D eigenvalue weighted by Gasteiger charge is 2.14. The number of aromatic nitrogens is 3. The zero-order valence-electron chi connectivity index (χ0n) is 14.9. The summed E-state index contributed by atoms with van der Waals surface area (Å²) in [5.74, 6) is 0. The number of morpholine rings is 1. The molecule has 27 heavy (non-hydrogen) atoms. The number of ether oxygens (including phenoxy) is 1. The quantitative estimate of drug-likeness (QED) is 0.541. The molecule has 0 radical (unpaired) electrons. The molecule has 1 aliphatic rings. The van der Waals surface area contributed by atoms with Crippen molar-refractivity contribution >= 4 is 34.2 Å². The van der Waals surface area contributed by atoms with E-state index in [1.807, 2.05) is 23.1 Å². The Kier molecular flexibility index (Phi) is 5.07. The van der Waals surface area contributed by atoms with Gasteiger partial charge in [-0.2, -0.15) is 5.10 Å². The molecule has 0 amide bonds. The summed E-state index contributed by atoms with van der Waals surface area (Å²) in [5, 5.41) is 7.02. The fraction of sp³-hybridized carbons (Fsp3) is 0.238. The first kappa shape index (κ1) is 17.9. The third-order valence-corrected chi connectivity index (χ3v) is 5.03. The molecule has 2 aromatic carbocycles. The molecule has 0 unspecified atom stereocenters. The van der Waals surface area contributed by atoms with Crippen LogP contribution in [0.5, 0.6) is 0 Å². The molecule has 0 spiro atoms. The van der Waals surface area contributed by atoms with Crippen LogP contribution >= 0.6 is 12.4 Å². The van der Waals surface area contributed by atoms with E-state index >= 15 is 0 Å². The number of halogens is 1. The molecule has 1 aliphatic heterocycles. The van der Waals surface area contributed by atoms with Crippen LogP contribution in [0.25, 0.3) is 27.5 Å². The Morgan fingerprint density at radius 2 is 1.89 bits per heavy atom. The summed E-state index contributed by atoms with van der Waals surface area (Å²) < 4.78 is 7.48. The summed E-state index contributed by atoms with van der Waals surface area (Å²) in [6.07, 6.45) is 3.81. The van der Waals surface area contributed by atoms with Gasteiger partial charge in [0.15, 0.2) is 0 Å². The fourth-order valence-corrected chi connectivity index (χ4v) is 3.65. The van der Waals surface area contributed by atoms with Crippen LogP contribution in [0.1, 0.15) is 5.56 Å². The number of benzene rings is 2. The predicted octanol–water partition coefficient (Wildman–Crippen LogP) is 3.83. The van der Waals surface area contributed by atoms with Gasteiger partial charge in [0.2, 0.25) is 0 Å². The second kappa shape index (κ2) is 7.64. The van der Waals surface area contributed by atoms with Crippen molar-refractivity contribution < 1.29 is 4.74 Å². The van der Waals surface area contributed by atoms with Gasteiger partial charge in [-0.05, 0) is 35.9 Å². The third-order valence-electron chi connectivity index (χ3n) is 5.03. The first-order valence-corrected chi connectivity index (χ1v) is 8.99. The molecule has 0 saturated carbocycles. The van der Waals surface area contributed by atoms with Crippen LogP contribution in [0.15, 0.2) is 60.9 Å². The van der Waals surface area contributed by atoms with Crippen molar-refractivity contribution in [3.63, 3.8) is 0 Å². The van der Waals surface area contributed by atoms with Crippen molar-refractivity contribution in [3.8, 4) is 5.69 Å². The van der Waals surface area contributed by atoms with Crippen molar-refractivity contribution in [3.05, 3.63) is 66.5 Å². The Morgan fingerprint density at radius 3 is 2.78 bits per heavy atom. The molecular weight excluding hydrogens is 360 g/mol. The molecule has 5 nitrogen and oxygen atoms in total. The molecule has 0 atom stereocenters. The van der Waals surface area contributed by atoms with Gasteiger partial charge >= 0.3 is 0 Å². The number of pyridine rings is 1. The smallest absolute Gasteiger partial charge is 0.0744 e. The number of nitrogens with zero attached hydrogens (tertiary/aromatic N) is 4. The lowest BCUT2D eigenvalue weighted by atomic mass is 10.1. The molecule has 0 bridgehead atoms. The maximum atomic E-state index is 5.46. The molecule has 0 aliphatic carbocycles. The first-order chi connectivity index (χ1) is 12.9. The van der Waals surface area contributed by atoms with Crippen LogP contribution in [0.4, 0.5) is 0 Å². The minimum atomic E-state index is 0. The number of fused-ring (bicyclic) bond motifs is 2. The van der Waals surface area contributed by atoms with E-state index < -0.39 is 0 Å². The Labute approximate surface area is 164 Å². The fourth-order valence-electron chi connectivity index (χ4n) is 3.65. The van der Waals surface area contributed by atoms with Crippen LogP contribution in [-0.2, 0) is 11.3 Å². The van der Waals surface area contributed by atoms with Crippen LogP contribution in [-0.4, -0.2) is 46.0 Å².